The lowest BCUT2D eigenvalue weighted by Gasteiger charge is -2.22. The minimum Gasteiger partial charge on any atom is -0.479 e. The lowest BCUT2D eigenvalue weighted by molar-refractivity contribution is -0.128. The van der Waals surface area contributed by atoms with Gasteiger partial charge in [-0.1, -0.05) is 35.9 Å². The molecule has 0 fully saturated rings. The third-order valence-corrected chi connectivity index (χ3v) is 4.71. The van der Waals surface area contributed by atoms with Gasteiger partial charge in [0.1, 0.15) is 5.75 Å². The van der Waals surface area contributed by atoms with Gasteiger partial charge in [0.15, 0.2) is 6.10 Å². The number of carbonyl (C=O) groups is 2. The number of para-hydroxylation sites is 1. The zero-order valence-electron chi connectivity index (χ0n) is 14.7. The first kappa shape index (κ1) is 18.3. The van der Waals surface area contributed by atoms with Gasteiger partial charge in [-0.25, -0.2) is 0 Å². The van der Waals surface area contributed by atoms with Crippen molar-refractivity contribution in [1.82, 2.24) is 5.32 Å². The Morgan fingerprint density at radius 2 is 1.96 bits per heavy atom. The van der Waals surface area contributed by atoms with E-state index < -0.39 is 6.10 Å². The molecule has 0 saturated carbocycles. The number of halogens is 1. The monoisotopic (exact) mass is 372 g/mol. The number of hydrogen-bond acceptors (Lipinski definition) is 3. The summed E-state index contributed by atoms with van der Waals surface area (Å²) in [5.41, 5.74) is 2.92. The van der Waals surface area contributed by atoms with E-state index >= 15 is 0 Å². The summed E-state index contributed by atoms with van der Waals surface area (Å²) in [4.78, 5) is 23.9. The minimum atomic E-state index is -0.672. The molecular formula is C20H21ClN2O3. The quantitative estimate of drug-likeness (QED) is 0.837. The number of ether oxygens (including phenoxy) is 1. The SMILES string of the molecule is CC(Oc1ccccc1Cl)C(=O)NC(C)c1ccc2c(c1)CCC(=O)N2. The topological polar surface area (TPSA) is 67.4 Å². The van der Waals surface area contributed by atoms with Crippen LogP contribution in [0.4, 0.5) is 5.69 Å². The van der Waals surface area contributed by atoms with E-state index in [1.807, 2.05) is 25.1 Å². The molecule has 1 heterocycles. The van der Waals surface area contributed by atoms with Gasteiger partial charge >= 0.3 is 0 Å². The molecule has 5 nitrogen and oxygen atoms in total. The van der Waals surface area contributed by atoms with E-state index in [1.54, 1.807) is 31.2 Å². The number of rotatable bonds is 5. The molecule has 0 spiro atoms. The summed E-state index contributed by atoms with van der Waals surface area (Å²) >= 11 is 6.07. The van der Waals surface area contributed by atoms with Crippen LogP contribution in [0.1, 0.15) is 37.4 Å². The van der Waals surface area contributed by atoms with Crippen LogP contribution < -0.4 is 15.4 Å². The van der Waals surface area contributed by atoms with Crippen LogP contribution in [0.15, 0.2) is 42.5 Å². The van der Waals surface area contributed by atoms with Gasteiger partial charge in [0, 0.05) is 12.1 Å². The number of aryl methyl sites for hydroxylation is 1. The Balaban J connectivity index is 1.64. The van der Waals surface area contributed by atoms with Crippen LogP contribution in [-0.4, -0.2) is 17.9 Å². The van der Waals surface area contributed by atoms with Gasteiger partial charge in [0.05, 0.1) is 11.1 Å². The number of hydrogen-bond donors (Lipinski definition) is 2. The van der Waals surface area contributed by atoms with Crippen molar-refractivity contribution in [1.29, 1.82) is 0 Å². The molecule has 6 heteroatoms. The zero-order chi connectivity index (χ0) is 18.7. The second-order valence-corrected chi connectivity index (χ2v) is 6.79. The Hall–Kier alpha value is -2.53. The second kappa shape index (κ2) is 7.79. The van der Waals surface area contributed by atoms with Gasteiger partial charge in [-0.3, -0.25) is 9.59 Å². The molecular weight excluding hydrogens is 352 g/mol. The molecule has 0 aliphatic carbocycles. The van der Waals surface area contributed by atoms with E-state index in [0.29, 0.717) is 23.6 Å². The van der Waals surface area contributed by atoms with Crippen molar-refractivity contribution < 1.29 is 14.3 Å². The van der Waals surface area contributed by atoms with Gasteiger partial charge in [-0.05, 0) is 49.6 Å². The molecule has 0 saturated heterocycles. The van der Waals surface area contributed by atoms with Crippen LogP contribution in [0.25, 0.3) is 0 Å². The van der Waals surface area contributed by atoms with E-state index in [4.69, 9.17) is 16.3 Å². The Labute approximate surface area is 157 Å². The molecule has 1 aliphatic rings. The molecule has 2 aromatic rings. The smallest absolute Gasteiger partial charge is 0.261 e. The first-order chi connectivity index (χ1) is 12.4. The first-order valence-electron chi connectivity index (χ1n) is 8.58. The average molecular weight is 373 g/mol. The van der Waals surface area contributed by atoms with Crippen LogP contribution >= 0.6 is 11.6 Å². The summed E-state index contributed by atoms with van der Waals surface area (Å²) in [7, 11) is 0. The lowest BCUT2D eigenvalue weighted by atomic mass is 9.97. The van der Waals surface area contributed by atoms with E-state index in [2.05, 4.69) is 10.6 Å². The number of benzene rings is 2. The predicted octanol–water partition coefficient (Wildman–Crippen LogP) is 3.87. The predicted molar refractivity (Wildman–Crippen MR) is 101 cm³/mol. The molecule has 3 rings (SSSR count). The highest BCUT2D eigenvalue weighted by molar-refractivity contribution is 6.32. The van der Waals surface area contributed by atoms with Crippen LogP contribution in [0, 0.1) is 0 Å². The number of amides is 2. The highest BCUT2D eigenvalue weighted by Crippen LogP contribution is 2.27. The van der Waals surface area contributed by atoms with Crippen LogP contribution in [0.3, 0.4) is 0 Å². The van der Waals surface area contributed by atoms with Crippen molar-refractivity contribution in [2.75, 3.05) is 5.32 Å². The van der Waals surface area contributed by atoms with Crippen molar-refractivity contribution in [3.63, 3.8) is 0 Å². The third kappa shape index (κ3) is 4.17. The molecule has 2 N–H and O–H groups in total. The fourth-order valence-corrected chi connectivity index (χ4v) is 3.05. The summed E-state index contributed by atoms with van der Waals surface area (Å²) in [6, 6.07) is 12.7. The first-order valence-corrected chi connectivity index (χ1v) is 8.96. The van der Waals surface area contributed by atoms with E-state index in [9.17, 15) is 9.59 Å². The fraction of sp³-hybridized carbons (Fsp3) is 0.300. The molecule has 0 aromatic heterocycles. The zero-order valence-corrected chi connectivity index (χ0v) is 15.5. The van der Waals surface area contributed by atoms with Gasteiger partial charge in [0.2, 0.25) is 5.91 Å². The molecule has 136 valence electrons. The van der Waals surface area contributed by atoms with Crippen molar-refractivity contribution in [3.05, 3.63) is 58.6 Å². The Morgan fingerprint density at radius 1 is 1.19 bits per heavy atom. The maximum Gasteiger partial charge on any atom is 0.261 e. The van der Waals surface area contributed by atoms with Crippen molar-refractivity contribution in [2.24, 2.45) is 0 Å². The summed E-state index contributed by atoms with van der Waals surface area (Å²) < 4.78 is 5.65. The molecule has 0 radical (unpaired) electrons. The molecule has 1 aliphatic heterocycles. The van der Waals surface area contributed by atoms with Crippen LogP contribution in [0.2, 0.25) is 5.02 Å². The lowest BCUT2D eigenvalue weighted by Crippen LogP contribution is -2.37. The summed E-state index contributed by atoms with van der Waals surface area (Å²) in [5.74, 6) is 0.301. The highest BCUT2D eigenvalue weighted by Gasteiger charge is 2.20. The number of fused-ring (bicyclic) bond motifs is 1. The molecule has 2 amide bonds. The van der Waals surface area contributed by atoms with Crippen molar-refractivity contribution >= 4 is 29.1 Å². The maximum absolute atomic E-state index is 12.4. The fourth-order valence-electron chi connectivity index (χ4n) is 2.87. The largest absolute Gasteiger partial charge is 0.479 e. The molecule has 2 atom stereocenters. The molecule has 2 aromatic carbocycles. The Morgan fingerprint density at radius 3 is 2.73 bits per heavy atom. The standard InChI is InChI=1S/C20H21ClN2O3/c1-12(14-7-9-17-15(11-14)8-10-19(24)23-17)22-20(25)13(2)26-18-6-4-3-5-16(18)21/h3-7,9,11-13H,8,10H2,1-2H3,(H,22,25)(H,23,24). The van der Waals surface area contributed by atoms with Gasteiger partial charge in [0.25, 0.3) is 5.91 Å². The van der Waals surface area contributed by atoms with Gasteiger partial charge in [-0.2, -0.15) is 0 Å². The number of nitrogens with one attached hydrogen (secondary N) is 2. The highest BCUT2D eigenvalue weighted by atomic mass is 35.5. The van der Waals surface area contributed by atoms with Crippen LogP contribution in [0.5, 0.6) is 5.75 Å². The molecule has 0 bridgehead atoms. The van der Waals surface area contributed by atoms with E-state index in [0.717, 1.165) is 16.8 Å². The summed E-state index contributed by atoms with van der Waals surface area (Å²) in [5, 5.41) is 6.29. The van der Waals surface area contributed by atoms with Crippen LogP contribution in [-0.2, 0) is 16.0 Å². The second-order valence-electron chi connectivity index (χ2n) is 6.39. The third-order valence-electron chi connectivity index (χ3n) is 4.39. The summed E-state index contributed by atoms with van der Waals surface area (Å²) in [6.07, 6.45) is 0.524. The number of anilines is 1. The maximum atomic E-state index is 12.4. The Bertz CT molecular complexity index is 838. The average Bonchev–Trinajstić information content (AvgIpc) is 2.63. The Kier molecular flexibility index (Phi) is 5.47. The molecule has 26 heavy (non-hydrogen) atoms. The van der Waals surface area contributed by atoms with Crippen molar-refractivity contribution in [2.45, 2.75) is 38.8 Å². The van der Waals surface area contributed by atoms with Crippen molar-refractivity contribution in [3.8, 4) is 5.75 Å². The number of carbonyl (C=O) groups excluding carboxylic acids is 2. The van der Waals surface area contributed by atoms with E-state index in [1.165, 1.54) is 0 Å². The summed E-state index contributed by atoms with van der Waals surface area (Å²) in [6.45, 7) is 3.61. The van der Waals surface area contributed by atoms with E-state index in [-0.39, 0.29) is 17.9 Å². The van der Waals surface area contributed by atoms with Gasteiger partial charge in [-0.15, -0.1) is 0 Å². The van der Waals surface area contributed by atoms with Gasteiger partial charge < -0.3 is 15.4 Å². The minimum absolute atomic E-state index is 0.0390. The normalized spacial score (nSPS) is 15.4. The molecule has 2 unspecified atom stereocenters.